The third-order valence-corrected chi connectivity index (χ3v) is 7.63. The van der Waals surface area contributed by atoms with Crippen LogP contribution in [-0.4, -0.2) is 17.5 Å². The van der Waals surface area contributed by atoms with Crippen LogP contribution in [0.1, 0.15) is 63.4 Å². The summed E-state index contributed by atoms with van der Waals surface area (Å²) in [4.78, 5) is 2.89. The van der Waals surface area contributed by atoms with Gasteiger partial charge >= 0.3 is 0 Å². The van der Waals surface area contributed by atoms with Gasteiger partial charge in [-0.05, 0) is 86.6 Å². The molecule has 0 spiro atoms. The molecule has 1 aromatic carbocycles. The second-order valence-corrected chi connectivity index (χ2v) is 9.25. The van der Waals surface area contributed by atoms with Crippen LogP contribution < -0.4 is 0 Å². The van der Waals surface area contributed by atoms with Crippen molar-refractivity contribution >= 4 is 0 Å². The summed E-state index contributed by atoms with van der Waals surface area (Å²) in [5.41, 5.74) is 2.22. The van der Waals surface area contributed by atoms with Gasteiger partial charge in [-0.25, -0.2) is 0 Å². The molecular weight excluding hydrogens is 278 g/mol. The predicted molar refractivity (Wildman–Crippen MR) is 95.1 cm³/mol. The summed E-state index contributed by atoms with van der Waals surface area (Å²) in [6, 6.07) is 12.1. The third kappa shape index (κ3) is 2.56. The van der Waals surface area contributed by atoms with Gasteiger partial charge < -0.3 is 0 Å². The Hall–Kier alpha value is -0.820. The molecule has 1 heteroatoms. The highest BCUT2D eigenvalue weighted by Gasteiger charge is 2.55. The summed E-state index contributed by atoms with van der Waals surface area (Å²) in [7, 11) is 0. The van der Waals surface area contributed by atoms with Gasteiger partial charge in [0.15, 0.2) is 0 Å². The van der Waals surface area contributed by atoms with Crippen LogP contribution in [0, 0.1) is 23.2 Å². The fraction of sp³-hybridized carbons (Fsp3) is 0.727. The van der Waals surface area contributed by atoms with Gasteiger partial charge in [-0.2, -0.15) is 0 Å². The number of rotatable bonds is 3. The van der Waals surface area contributed by atoms with Crippen molar-refractivity contribution in [2.24, 2.45) is 23.2 Å². The summed E-state index contributed by atoms with van der Waals surface area (Å²) >= 11 is 0. The summed E-state index contributed by atoms with van der Waals surface area (Å²) in [5, 5.41) is 0. The third-order valence-electron chi connectivity index (χ3n) is 7.63. The lowest BCUT2D eigenvalue weighted by atomic mass is 9.47. The first-order valence-electron chi connectivity index (χ1n) is 10.1. The quantitative estimate of drug-likeness (QED) is 0.736. The van der Waals surface area contributed by atoms with Crippen molar-refractivity contribution in [3.8, 4) is 0 Å². The molecule has 0 aromatic heterocycles. The molecule has 1 aromatic rings. The molecule has 4 aliphatic carbocycles. The average molecular weight is 309 g/mol. The monoisotopic (exact) mass is 309 g/mol. The molecule has 0 radical (unpaired) electrons. The number of hydrogen-bond donors (Lipinski definition) is 0. The van der Waals surface area contributed by atoms with E-state index < -0.39 is 0 Å². The lowest BCUT2D eigenvalue weighted by Gasteiger charge is -2.62. The molecule has 1 atom stereocenters. The van der Waals surface area contributed by atoms with Crippen molar-refractivity contribution < 1.29 is 0 Å². The van der Waals surface area contributed by atoms with E-state index in [1.54, 1.807) is 38.5 Å². The molecule has 4 saturated carbocycles. The molecule has 23 heavy (non-hydrogen) atoms. The molecule has 6 rings (SSSR count). The predicted octanol–water partition coefficient (Wildman–Crippen LogP) is 5.26. The van der Waals surface area contributed by atoms with E-state index in [0.29, 0.717) is 5.41 Å². The second-order valence-electron chi connectivity index (χ2n) is 9.25. The summed E-state index contributed by atoms with van der Waals surface area (Å²) in [5.74, 6) is 3.25. The van der Waals surface area contributed by atoms with Crippen LogP contribution in [0.25, 0.3) is 0 Å². The largest absolute Gasteiger partial charge is 0.296 e. The van der Waals surface area contributed by atoms with Crippen LogP contribution in [0.5, 0.6) is 0 Å². The maximum absolute atomic E-state index is 2.89. The molecule has 124 valence electrons. The van der Waals surface area contributed by atoms with E-state index in [2.05, 4.69) is 35.2 Å². The van der Waals surface area contributed by atoms with E-state index in [0.717, 1.165) is 23.8 Å². The van der Waals surface area contributed by atoms with E-state index in [9.17, 15) is 0 Å². The standard InChI is InChI=1S/C22H31N/c1-2-6-17(7-3-1)16-23-9-5-4-8-21(23)22-13-18-10-19(14-22)12-20(11-18)15-22/h1-3,6-7,18-21H,4-5,8-16H2. The highest BCUT2D eigenvalue weighted by Crippen LogP contribution is 2.62. The molecular formula is C22H31N. The number of benzene rings is 1. The molecule has 5 aliphatic rings. The SMILES string of the molecule is c1ccc(CN2CCCCC2C23CC4CC(CC(C4)C2)C3)cc1. The molecule has 1 nitrogen and oxygen atoms in total. The van der Waals surface area contributed by atoms with Crippen LogP contribution >= 0.6 is 0 Å². The van der Waals surface area contributed by atoms with Gasteiger partial charge in [-0.3, -0.25) is 4.90 Å². The van der Waals surface area contributed by atoms with Crippen LogP contribution in [0.4, 0.5) is 0 Å². The Kier molecular flexibility index (Phi) is 3.55. The first-order chi connectivity index (χ1) is 11.3. The minimum atomic E-state index is 0.698. The molecule has 0 N–H and O–H groups in total. The Labute approximate surface area is 141 Å². The lowest BCUT2D eigenvalue weighted by molar-refractivity contribution is -0.111. The van der Waals surface area contributed by atoms with E-state index in [1.807, 2.05) is 0 Å². The Morgan fingerprint density at radius 3 is 2.17 bits per heavy atom. The normalized spacial score (nSPS) is 43.0. The van der Waals surface area contributed by atoms with Crippen molar-refractivity contribution in [1.29, 1.82) is 0 Å². The number of hydrogen-bond acceptors (Lipinski definition) is 1. The maximum atomic E-state index is 2.89. The first-order valence-corrected chi connectivity index (χ1v) is 10.1. The van der Waals surface area contributed by atoms with Gasteiger partial charge in [0.2, 0.25) is 0 Å². The van der Waals surface area contributed by atoms with Gasteiger partial charge in [-0.1, -0.05) is 36.8 Å². The van der Waals surface area contributed by atoms with Crippen molar-refractivity contribution in [3.63, 3.8) is 0 Å². The smallest absolute Gasteiger partial charge is 0.0236 e. The molecule has 1 unspecified atom stereocenters. The van der Waals surface area contributed by atoms with Crippen molar-refractivity contribution in [2.75, 3.05) is 6.54 Å². The minimum Gasteiger partial charge on any atom is -0.296 e. The molecule has 0 amide bonds. The van der Waals surface area contributed by atoms with Crippen molar-refractivity contribution in [1.82, 2.24) is 4.90 Å². The maximum Gasteiger partial charge on any atom is 0.0236 e. The van der Waals surface area contributed by atoms with E-state index in [-0.39, 0.29) is 0 Å². The van der Waals surface area contributed by atoms with Gasteiger partial charge in [0.1, 0.15) is 0 Å². The highest BCUT2D eigenvalue weighted by atomic mass is 15.2. The van der Waals surface area contributed by atoms with Crippen molar-refractivity contribution in [3.05, 3.63) is 35.9 Å². The Morgan fingerprint density at radius 1 is 0.870 bits per heavy atom. The van der Waals surface area contributed by atoms with Crippen LogP contribution in [0.2, 0.25) is 0 Å². The van der Waals surface area contributed by atoms with Gasteiger partial charge in [-0.15, -0.1) is 0 Å². The molecule has 4 bridgehead atoms. The summed E-state index contributed by atoms with van der Waals surface area (Å²) in [6.07, 6.45) is 13.8. The zero-order chi connectivity index (χ0) is 15.3. The molecule has 5 fully saturated rings. The Morgan fingerprint density at radius 2 is 1.52 bits per heavy atom. The van der Waals surface area contributed by atoms with E-state index >= 15 is 0 Å². The first kappa shape index (κ1) is 14.5. The molecule has 1 saturated heterocycles. The Bertz CT molecular complexity index is 513. The van der Waals surface area contributed by atoms with E-state index in [1.165, 1.54) is 37.9 Å². The number of nitrogens with zero attached hydrogens (tertiary/aromatic N) is 1. The minimum absolute atomic E-state index is 0.698. The Balaban J connectivity index is 1.41. The van der Waals surface area contributed by atoms with Crippen molar-refractivity contribution in [2.45, 2.75) is 70.4 Å². The zero-order valence-corrected chi connectivity index (χ0v) is 14.4. The topological polar surface area (TPSA) is 3.24 Å². The lowest BCUT2D eigenvalue weighted by Crippen LogP contribution is -2.57. The second kappa shape index (κ2) is 5.62. The fourth-order valence-electron chi connectivity index (χ4n) is 7.28. The number of piperidine rings is 1. The average Bonchev–Trinajstić information content (AvgIpc) is 2.55. The summed E-state index contributed by atoms with van der Waals surface area (Å²) in [6.45, 7) is 2.52. The molecule has 1 aliphatic heterocycles. The number of likely N-dealkylation sites (tertiary alicyclic amines) is 1. The van der Waals surface area contributed by atoms with Gasteiger partial charge in [0.05, 0.1) is 0 Å². The van der Waals surface area contributed by atoms with Gasteiger partial charge in [0.25, 0.3) is 0 Å². The zero-order valence-electron chi connectivity index (χ0n) is 14.4. The summed E-state index contributed by atoms with van der Waals surface area (Å²) < 4.78 is 0. The van der Waals surface area contributed by atoms with Crippen LogP contribution in [0.15, 0.2) is 30.3 Å². The van der Waals surface area contributed by atoms with Gasteiger partial charge in [0, 0.05) is 12.6 Å². The van der Waals surface area contributed by atoms with E-state index in [4.69, 9.17) is 0 Å². The van der Waals surface area contributed by atoms with Crippen LogP contribution in [-0.2, 0) is 6.54 Å². The van der Waals surface area contributed by atoms with Crippen LogP contribution in [0.3, 0.4) is 0 Å². The fourth-order valence-corrected chi connectivity index (χ4v) is 7.28. The highest BCUT2D eigenvalue weighted by molar-refractivity contribution is 5.15. The molecule has 1 heterocycles.